The van der Waals surface area contributed by atoms with Gasteiger partial charge in [0.05, 0.1) is 12.1 Å². The van der Waals surface area contributed by atoms with Crippen LogP contribution in [0.2, 0.25) is 0 Å². The zero-order chi connectivity index (χ0) is 15.0. The molecule has 2 heterocycles. The molecular formula is C16H23N3O2. The second kappa shape index (κ2) is 5.66. The van der Waals surface area contributed by atoms with E-state index in [2.05, 4.69) is 10.2 Å². The van der Waals surface area contributed by atoms with E-state index in [0.29, 0.717) is 18.0 Å². The number of nitrogens with one attached hydrogen (secondary N) is 1. The Kier molecular flexibility index (Phi) is 3.87. The number of hydrogen-bond acceptors (Lipinski definition) is 4. The maximum absolute atomic E-state index is 11.7. The van der Waals surface area contributed by atoms with Crippen LogP contribution in [0.4, 0.5) is 5.69 Å². The van der Waals surface area contributed by atoms with Gasteiger partial charge in [0.1, 0.15) is 0 Å². The van der Waals surface area contributed by atoms with E-state index in [-0.39, 0.29) is 11.9 Å². The first kappa shape index (κ1) is 14.4. The van der Waals surface area contributed by atoms with Gasteiger partial charge in [0, 0.05) is 17.3 Å². The lowest BCUT2D eigenvalue weighted by Crippen LogP contribution is -2.50. The van der Waals surface area contributed by atoms with Gasteiger partial charge in [0.15, 0.2) is 0 Å². The van der Waals surface area contributed by atoms with Crippen molar-refractivity contribution in [3.8, 4) is 0 Å². The molecule has 4 N–H and O–H groups in total. The average molecular weight is 289 g/mol. The largest absolute Gasteiger partial charge is 0.391 e. The molecule has 1 saturated heterocycles. The third-order valence-electron chi connectivity index (χ3n) is 4.72. The highest BCUT2D eigenvalue weighted by Gasteiger charge is 2.38. The minimum absolute atomic E-state index is 0.0311. The van der Waals surface area contributed by atoms with Gasteiger partial charge in [-0.25, -0.2) is 0 Å². The van der Waals surface area contributed by atoms with E-state index in [4.69, 9.17) is 5.73 Å². The molecule has 114 valence electrons. The third kappa shape index (κ3) is 2.51. The minimum Gasteiger partial charge on any atom is -0.391 e. The van der Waals surface area contributed by atoms with Gasteiger partial charge in [-0.3, -0.25) is 4.79 Å². The molecule has 0 aliphatic carbocycles. The van der Waals surface area contributed by atoms with E-state index in [9.17, 15) is 9.90 Å². The Labute approximate surface area is 125 Å². The van der Waals surface area contributed by atoms with Crippen molar-refractivity contribution in [1.29, 1.82) is 0 Å². The van der Waals surface area contributed by atoms with Crippen LogP contribution in [-0.4, -0.2) is 42.3 Å². The number of hydrogen-bond donors (Lipinski definition) is 3. The minimum atomic E-state index is -0.437. The molecule has 2 aliphatic heterocycles. The lowest BCUT2D eigenvalue weighted by Gasteiger charge is -2.39. The fourth-order valence-electron chi connectivity index (χ4n) is 3.70. The summed E-state index contributed by atoms with van der Waals surface area (Å²) in [6.45, 7) is 3.83. The van der Waals surface area contributed by atoms with Gasteiger partial charge in [-0.15, -0.1) is 0 Å². The molecule has 21 heavy (non-hydrogen) atoms. The first-order chi connectivity index (χ1) is 10.1. The van der Waals surface area contributed by atoms with Gasteiger partial charge in [-0.2, -0.15) is 0 Å². The second-order valence-corrected chi connectivity index (χ2v) is 6.07. The first-order valence-electron chi connectivity index (χ1n) is 7.68. The average Bonchev–Trinajstić information content (AvgIpc) is 2.87. The number of carbonyl (C=O) groups is 1. The van der Waals surface area contributed by atoms with Crippen LogP contribution in [0.5, 0.6) is 0 Å². The maximum atomic E-state index is 11.7. The van der Waals surface area contributed by atoms with Crippen molar-refractivity contribution in [2.75, 3.05) is 18.0 Å². The summed E-state index contributed by atoms with van der Waals surface area (Å²) in [6.07, 6.45) is 2.37. The van der Waals surface area contributed by atoms with Crippen molar-refractivity contribution in [1.82, 2.24) is 5.32 Å². The summed E-state index contributed by atoms with van der Waals surface area (Å²) in [5.41, 5.74) is 8.16. The monoisotopic (exact) mass is 289 g/mol. The topological polar surface area (TPSA) is 78.6 Å². The quantitative estimate of drug-likeness (QED) is 0.763. The lowest BCUT2D eigenvalue weighted by atomic mass is 10.0. The molecule has 2 atom stereocenters. The molecule has 0 spiro atoms. The Morgan fingerprint density at radius 2 is 2.14 bits per heavy atom. The predicted octanol–water partition coefficient (Wildman–Crippen LogP) is 0.649. The summed E-state index contributed by atoms with van der Waals surface area (Å²) in [7, 11) is 0. The Morgan fingerprint density at radius 3 is 2.76 bits per heavy atom. The number of primary amides is 1. The normalized spacial score (nSPS) is 23.9. The van der Waals surface area contributed by atoms with Gasteiger partial charge >= 0.3 is 0 Å². The van der Waals surface area contributed by atoms with Crippen molar-refractivity contribution >= 4 is 11.6 Å². The summed E-state index contributed by atoms with van der Waals surface area (Å²) in [5.74, 6) is -0.386. The molecule has 2 unspecified atom stereocenters. The predicted molar refractivity (Wildman–Crippen MR) is 82.5 cm³/mol. The number of aliphatic hydroxyl groups is 1. The number of carbonyl (C=O) groups excluding carboxylic acids is 1. The highest BCUT2D eigenvalue weighted by molar-refractivity contribution is 5.96. The Balaban J connectivity index is 2.01. The van der Waals surface area contributed by atoms with Gasteiger partial charge in [0.25, 0.3) is 0 Å². The molecule has 0 bridgehead atoms. The van der Waals surface area contributed by atoms with Crippen LogP contribution < -0.4 is 16.0 Å². The summed E-state index contributed by atoms with van der Waals surface area (Å²) in [6, 6.07) is 6.16. The zero-order valence-corrected chi connectivity index (χ0v) is 12.4. The highest BCUT2D eigenvalue weighted by Crippen LogP contribution is 2.38. The number of fused-ring (bicyclic) bond motifs is 1. The standard InChI is InChI=1S/C16H23N3O2/c1-10(20)15-9-13-12(16(17)21)3-2-4-14(13)19(15)11-5-7-18-8-6-11/h2-4,10-11,15,18,20H,5-9H2,1H3,(H2,17,21). The number of nitrogens with zero attached hydrogens (tertiary/aromatic N) is 1. The van der Waals surface area contributed by atoms with Crippen molar-refractivity contribution in [2.24, 2.45) is 5.73 Å². The van der Waals surface area contributed by atoms with Crippen LogP contribution >= 0.6 is 0 Å². The van der Waals surface area contributed by atoms with E-state index in [1.165, 1.54) is 0 Å². The lowest BCUT2D eigenvalue weighted by molar-refractivity contribution is 0.0999. The van der Waals surface area contributed by atoms with Crippen molar-refractivity contribution in [3.63, 3.8) is 0 Å². The molecule has 5 nitrogen and oxygen atoms in total. The number of benzene rings is 1. The van der Waals surface area contributed by atoms with Crippen molar-refractivity contribution in [3.05, 3.63) is 29.3 Å². The Morgan fingerprint density at radius 1 is 1.43 bits per heavy atom. The molecule has 1 aromatic rings. The number of aliphatic hydroxyl groups excluding tert-OH is 1. The molecule has 1 aromatic carbocycles. The third-order valence-corrected chi connectivity index (χ3v) is 4.72. The smallest absolute Gasteiger partial charge is 0.249 e. The molecule has 1 fully saturated rings. The molecule has 3 rings (SSSR count). The summed E-state index contributed by atoms with van der Waals surface area (Å²) in [5, 5.41) is 13.6. The van der Waals surface area contributed by atoms with Crippen LogP contribution in [-0.2, 0) is 6.42 Å². The summed E-state index contributed by atoms with van der Waals surface area (Å²) >= 11 is 0. The van der Waals surface area contributed by atoms with E-state index in [1.54, 1.807) is 6.07 Å². The van der Waals surface area contributed by atoms with Gasteiger partial charge in [-0.05, 0) is 57.0 Å². The molecule has 0 aromatic heterocycles. The maximum Gasteiger partial charge on any atom is 0.249 e. The van der Waals surface area contributed by atoms with Crippen LogP contribution in [0, 0.1) is 0 Å². The fraction of sp³-hybridized carbons (Fsp3) is 0.562. The van der Waals surface area contributed by atoms with E-state index in [0.717, 1.165) is 37.2 Å². The fourth-order valence-corrected chi connectivity index (χ4v) is 3.70. The van der Waals surface area contributed by atoms with Crippen molar-refractivity contribution in [2.45, 2.75) is 44.4 Å². The van der Waals surface area contributed by atoms with E-state index >= 15 is 0 Å². The van der Waals surface area contributed by atoms with Gasteiger partial charge in [-0.1, -0.05) is 6.07 Å². The first-order valence-corrected chi connectivity index (χ1v) is 7.68. The molecule has 0 radical (unpaired) electrons. The van der Waals surface area contributed by atoms with Gasteiger partial charge < -0.3 is 21.1 Å². The molecule has 1 amide bonds. The van der Waals surface area contributed by atoms with Crippen LogP contribution in [0.15, 0.2) is 18.2 Å². The highest BCUT2D eigenvalue weighted by atomic mass is 16.3. The molecular weight excluding hydrogens is 266 g/mol. The number of piperidine rings is 1. The van der Waals surface area contributed by atoms with Crippen molar-refractivity contribution < 1.29 is 9.90 Å². The number of nitrogens with two attached hydrogens (primary N) is 1. The van der Waals surface area contributed by atoms with E-state index in [1.807, 2.05) is 19.1 Å². The second-order valence-electron chi connectivity index (χ2n) is 6.07. The summed E-state index contributed by atoms with van der Waals surface area (Å²) < 4.78 is 0. The number of anilines is 1. The zero-order valence-electron chi connectivity index (χ0n) is 12.4. The SMILES string of the molecule is CC(O)C1Cc2c(C(N)=O)cccc2N1C1CCNCC1. The molecule has 2 aliphatic rings. The molecule has 5 heteroatoms. The Hall–Kier alpha value is -1.59. The summed E-state index contributed by atoms with van der Waals surface area (Å²) in [4.78, 5) is 14.0. The number of amides is 1. The van der Waals surface area contributed by atoms with Crippen LogP contribution in [0.25, 0.3) is 0 Å². The van der Waals surface area contributed by atoms with E-state index < -0.39 is 6.10 Å². The van der Waals surface area contributed by atoms with Crippen LogP contribution in [0.1, 0.15) is 35.7 Å². The molecule has 0 saturated carbocycles. The van der Waals surface area contributed by atoms with Gasteiger partial charge in [0.2, 0.25) is 5.91 Å². The van der Waals surface area contributed by atoms with Crippen LogP contribution in [0.3, 0.4) is 0 Å². The Bertz CT molecular complexity index is 538. The number of rotatable bonds is 3.